The van der Waals surface area contributed by atoms with Crippen LogP contribution in [0.25, 0.3) is 0 Å². The van der Waals surface area contributed by atoms with Gasteiger partial charge in [0.25, 0.3) is 0 Å². The van der Waals surface area contributed by atoms with Crippen LogP contribution in [0.1, 0.15) is 32.0 Å². The first kappa shape index (κ1) is 13.7. The summed E-state index contributed by atoms with van der Waals surface area (Å²) in [5.74, 6) is 0.311. The molecule has 0 atom stereocenters. The largest absolute Gasteiger partial charge is 0.508 e. The number of phenols is 1. The van der Waals surface area contributed by atoms with E-state index in [2.05, 4.69) is 49.0 Å². The summed E-state index contributed by atoms with van der Waals surface area (Å²) in [6.07, 6.45) is 2.09. The molecule has 1 heterocycles. The Morgan fingerprint density at radius 1 is 1.11 bits per heavy atom. The van der Waals surface area contributed by atoms with E-state index in [9.17, 15) is 5.11 Å². The lowest BCUT2D eigenvalue weighted by atomic mass is 10.1. The number of nitrogens with one attached hydrogen (secondary N) is 1. The Balaban J connectivity index is 2.05. The molecule has 0 spiro atoms. The van der Waals surface area contributed by atoms with Crippen molar-refractivity contribution in [2.75, 3.05) is 0 Å². The van der Waals surface area contributed by atoms with E-state index in [0.29, 0.717) is 5.75 Å². The topological polar surface area (TPSA) is 37.2 Å². The molecule has 0 radical (unpaired) electrons. The maximum absolute atomic E-state index is 9.29. The smallest absolute Gasteiger partial charge is 0.115 e. The third kappa shape index (κ3) is 4.14. The summed E-state index contributed by atoms with van der Waals surface area (Å²) >= 11 is 0. The Morgan fingerprint density at radius 2 is 1.79 bits per heavy atom. The number of benzene rings is 1. The lowest BCUT2D eigenvalue weighted by Crippen LogP contribution is -2.35. The van der Waals surface area contributed by atoms with Gasteiger partial charge < -0.3 is 15.0 Å². The number of nitrogens with zero attached hydrogens (tertiary/aromatic N) is 1. The number of aromatic nitrogens is 1. The Bertz CT molecular complexity index is 520. The van der Waals surface area contributed by atoms with Crippen molar-refractivity contribution in [3.8, 4) is 5.75 Å². The van der Waals surface area contributed by atoms with Gasteiger partial charge in [0, 0.05) is 30.5 Å². The summed E-state index contributed by atoms with van der Waals surface area (Å²) in [6, 6.07) is 11.6. The molecule has 19 heavy (non-hydrogen) atoms. The molecule has 3 heteroatoms. The molecule has 0 fully saturated rings. The Labute approximate surface area is 114 Å². The average Bonchev–Trinajstić information content (AvgIpc) is 2.76. The molecule has 3 nitrogen and oxygen atoms in total. The Kier molecular flexibility index (Phi) is 3.96. The molecule has 1 aromatic heterocycles. The predicted octanol–water partition coefficient (Wildman–Crippen LogP) is 3.13. The molecular weight excluding hydrogens is 236 g/mol. The average molecular weight is 258 g/mol. The zero-order chi connectivity index (χ0) is 13.9. The third-order valence-electron chi connectivity index (χ3n) is 3.01. The second kappa shape index (κ2) is 5.49. The van der Waals surface area contributed by atoms with E-state index >= 15 is 0 Å². The summed E-state index contributed by atoms with van der Waals surface area (Å²) < 4.78 is 2.23. The fraction of sp³-hybridized carbons (Fsp3) is 0.375. The van der Waals surface area contributed by atoms with Crippen LogP contribution in [0.4, 0.5) is 0 Å². The van der Waals surface area contributed by atoms with E-state index in [1.165, 1.54) is 11.3 Å². The van der Waals surface area contributed by atoms with Gasteiger partial charge in [0.15, 0.2) is 0 Å². The molecule has 0 aliphatic rings. The van der Waals surface area contributed by atoms with Crippen molar-refractivity contribution in [1.29, 1.82) is 0 Å². The zero-order valence-electron chi connectivity index (χ0n) is 11.9. The van der Waals surface area contributed by atoms with Gasteiger partial charge in [-0.1, -0.05) is 12.1 Å². The molecule has 0 amide bonds. The van der Waals surface area contributed by atoms with E-state index < -0.39 is 0 Å². The first-order valence-electron chi connectivity index (χ1n) is 6.61. The van der Waals surface area contributed by atoms with Crippen molar-refractivity contribution >= 4 is 0 Å². The van der Waals surface area contributed by atoms with Gasteiger partial charge in [-0.25, -0.2) is 0 Å². The van der Waals surface area contributed by atoms with Crippen LogP contribution in [0.2, 0.25) is 0 Å². The summed E-state index contributed by atoms with van der Waals surface area (Å²) in [4.78, 5) is 0. The van der Waals surface area contributed by atoms with Crippen LogP contribution < -0.4 is 5.32 Å². The van der Waals surface area contributed by atoms with Crippen molar-refractivity contribution in [3.63, 3.8) is 0 Å². The van der Waals surface area contributed by atoms with Gasteiger partial charge in [0.05, 0.1) is 0 Å². The Morgan fingerprint density at radius 3 is 2.42 bits per heavy atom. The Hall–Kier alpha value is -1.74. The maximum atomic E-state index is 9.29. The molecule has 2 rings (SSSR count). The molecule has 0 aliphatic heterocycles. The second-order valence-electron chi connectivity index (χ2n) is 5.90. The lowest BCUT2D eigenvalue weighted by Gasteiger charge is -2.21. The molecule has 0 saturated heterocycles. The van der Waals surface area contributed by atoms with Gasteiger partial charge in [-0.05, 0) is 50.6 Å². The minimum atomic E-state index is 0.119. The lowest BCUT2D eigenvalue weighted by molar-refractivity contribution is 0.417. The highest BCUT2D eigenvalue weighted by molar-refractivity contribution is 5.26. The molecule has 2 aromatic rings. The van der Waals surface area contributed by atoms with Gasteiger partial charge in [0.1, 0.15) is 5.75 Å². The van der Waals surface area contributed by atoms with Gasteiger partial charge in [-0.3, -0.25) is 0 Å². The van der Waals surface area contributed by atoms with E-state index in [1.807, 2.05) is 12.1 Å². The summed E-state index contributed by atoms with van der Waals surface area (Å²) in [5.41, 5.74) is 2.57. The first-order chi connectivity index (χ1) is 8.94. The number of rotatable bonds is 4. The molecule has 102 valence electrons. The highest BCUT2D eigenvalue weighted by atomic mass is 16.3. The van der Waals surface area contributed by atoms with Crippen LogP contribution in [0, 0.1) is 0 Å². The van der Waals surface area contributed by atoms with Crippen LogP contribution >= 0.6 is 0 Å². The van der Waals surface area contributed by atoms with Crippen LogP contribution in [0.5, 0.6) is 5.75 Å². The van der Waals surface area contributed by atoms with Crippen molar-refractivity contribution in [2.24, 2.45) is 0 Å². The third-order valence-corrected chi connectivity index (χ3v) is 3.01. The van der Waals surface area contributed by atoms with E-state index in [1.54, 1.807) is 12.1 Å². The number of phenolic OH excluding ortho intramolecular Hbond substituents is 1. The maximum Gasteiger partial charge on any atom is 0.115 e. The minimum Gasteiger partial charge on any atom is -0.508 e. The van der Waals surface area contributed by atoms with Crippen molar-refractivity contribution < 1.29 is 5.11 Å². The number of aromatic hydroxyl groups is 1. The highest BCUT2D eigenvalue weighted by Gasteiger charge is 2.10. The quantitative estimate of drug-likeness (QED) is 0.884. The van der Waals surface area contributed by atoms with Gasteiger partial charge in [0.2, 0.25) is 0 Å². The first-order valence-corrected chi connectivity index (χ1v) is 6.61. The number of hydrogen-bond acceptors (Lipinski definition) is 2. The van der Waals surface area contributed by atoms with E-state index in [0.717, 1.165) is 13.1 Å². The summed E-state index contributed by atoms with van der Waals surface area (Å²) in [7, 11) is 0. The fourth-order valence-electron chi connectivity index (χ4n) is 1.92. The molecule has 0 saturated carbocycles. The van der Waals surface area contributed by atoms with Gasteiger partial charge in [-0.15, -0.1) is 0 Å². The summed E-state index contributed by atoms with van der Waals surface area (Å²) in [5, 5.41) is 12.8. The van der Waals surface area contributed by atoms with Crippen LogP contribution in [-0.4, -0.2) is 15.2 Å². The fourth-order valence-corrected chi connectivity index (χ4v) is 1.92. The summed E-state index contributed by atoms with van der Waals surface area (Å²) in [6.45, 7) is 8.18. The number of hydrogen-bond donors (Lipinski definition) is 2. The molecule has 0 unspecified atom stereocenters. The van der Waals surface area contributed by atoms with Gasteiger partial charge in [-0.2, -0.15) is 0 Å². The van der Waals surface area contributed by atoms with Gasteiger partial charge >= 0.3 is 0 Å². The standard InChI is InChI=1S/C16H22N2O/c1-16(2,3)17-11-14-5-4-10-18(14)12-13-6-8-15(19)9-7-13/h4-10,17,19H,11-12H2,1-3H3. The zero-order valence-corrected chi connectivity index (χ0v) is 11.9. The van der Waals surface area contributed by atoms with Crippen LogP contribution in [-0.2, 0) is 13.1 Å². The highest BCUT2D eigenvalue weighted by Crippen LogP contribution is 2.13. The minimum absolute atomic E-state index is 0.119. The van der Waals surface area contributed by atoms with Crippen LogP contribution in [0.15, 0.2) is 42.6 Å². The van der Waals surface area contributed by atoms with Crippen molar-refractivity contribution in [1.82, 2.24) is 9.88 Å². The SMILES string of the molecule is CC(C)(C)NCc1cccn1Cc1ccc(O)cc1. The molecule has 0 aliphatic carbocycles. The van der Waals surface area contributed by atoms with E-state index in [-0.39, 0.29) is 5.54 Å². The monoisotopic (exact) mass is 258 g/mol. The molecule has 0 bridgehead atoms. The van der Waals surface area contributed by atoms with E-state index in [4.69, 9.17) is 0 Å². The molecule has 2 N–H and O–H groups in total. The normalized spacial score (nSPS) is 11.7. The van der Waals surface area contributed by atoms with Crippen molar-refractivity contribution in [2.45, 2.75) is 39.4 Å². The molecule has 1 aromatic carbocycles. The van der Waals surface area contributed by atoms with Crippen LogP contribution in [0.3, 0.4) is 0 Å². The van der Waals surface area contributed by atoms with Crippen molar-refractivity contribution in [3.05, 3.63) is 53.9 Å². The predicted molar refractivity (Wildman–Crippen MR) is 78.2 cm³/mol. The molecular formula is C16H22N2O. The second-order valence-corrected chi connectivity index (χ2v) is 5.90.